The molecule has 0 saturated heterocycles. The minimum Gasteiger partial charge on any atom is -0.760 e. The van der Waals surface area contributed by atoms with Crippen molar-refractivity contribution in [2.45, 2.75) is 25.4 Å². The van der Waals surface area contributed by atoms with Crippen LogP contribution in [0.25, 0.3) is 22.0 Å². The molecule has 0 aliphatic heterocycles. The van der Waals surface area contributed by atoms with Gasteiger partial charge in [-0.15, -0.1) is 0 Å². The smallest absolute Gasteiger partial charge is 0.162 e. The van der Waals surface area contributed by atoms with Crippen molar-refractivity contribution in [3.63, 3.8) is 0 Å². The summed E-state index contributed by atoms with van der Waals surface area (Å²) in [5.41, 5.74) is 3.62. The number of hydrogen-bond donors (Lipinski definition) is 0. The highest BCUT2D eigenvalue weighted by Crippen LogP contribution is 2.38. The van der Waals surface area contributed by atoms with Gasteiger partial charge >= 0.3 is 0 Å². The molecule has 0 bridgehead atoms. The average molecular weight is 422 g/mol. The lowest BCUT2D eigenvalue weighted by Gasteiger charge is -2.24. The summed E-state index contributed by atoms with van der Waals surface area (Å²) in [7, 11) is 3.12. The Labute approximate surface area is 177 Å². The first-order chi connectivity index (χ1) is 14.5. The third-order valence-electron chi connectivity index (χ3n) is 5.22. The highest BCUT2D eigenvalue weighted by Gasteiger charge is 2.29. The van der Waals surface area contributed by atoms with Gasteiger partial charge in [-0.2, -0.15) is 5.26 Å². The van der Waals surface area contributed by atoms with E-state index in [0.717, 1.165) is 34.9 Å². The summed E-state index contributed by atoms with van der Waals surface area (Å²) < 4.78 is 35.2. The van der Waals surface area contributed by atoms with Gasteiger partial charge in [-0.05, 0) is 30.0 Å². The summed E-state index contributed by atoms with van der Waals surface area (Å²) in [6, 6.07) is 13.5. The maximum Gasteiger partial charge on any atom is 0.162 e. The molecule has 1 saturated carbocycles. The zero-order valence-electron chi connectivity index (χ0n) is 16.6. The van der Waals surface area contributed by atoms with Crippen molar-refractivity contribution >= 4 is 22.2 Å². The second-order valence-corrected chi connectivity index (χ2v) is 8.01. The molecule has 7 nitrogen and oxygen atoms in total. The summed E-state index contributed by atoms with van der Waals surface area (Å²) in [6.45, 7) is 0.342. The summed E-state index contributed by atoms with van der Waals surface area (Å²) in [5, 5.41) is 10.4. The Kier molecular flexibility index (Phi) is 5.68. The number of nitrogens with zero attached hydrogens (tertiary/aromatic N) is 3. The molecule has 1 aliphatic rings. The van der Waals surface area contributed by atoms with Crippen LogP contribution in [0.15, 0.2) is 42.6 Å². The lowest BCUT2D eigenvalue weighted by atomic mass is 9.96. The molecule has 30 heavy (non-hydrogen) atoms. The number of ether oxygens (including phenoxy) is 2. The lowest BCUT2D eigenvalue weighted by molar-refractivity contribution is 0.356. The zero-order valence-corrected chi connectivity index (χ0v) is 17.4. The van der Waals surface area contributed by atoms with Crippen molar-refractivity contribution in [1.29, 1.82) is 5.26 Å². The highest BCUT2D eigenvalue weighted by atomic mass is 32.2. The topological polar surface area (TPSA) is 98.5 Å². The van der Waals surface area contributed by atoms with E-state index in [9.17, 15) is 14.0 Å². The van der Waals surface area contributed by atoms with E-state index in [2.05, 4.69) is 11.1 Å². The second kappa shape index (κ2) is 8.40. The fraction of sp³-hybridized carbons (Fsp3) is 0.273. The number of pyridine rings is 1. The third kappa shape index (κ3) is 3.87. The van der Waals surface area contributed by atoms with Crippen molar-refractivity contribution in [2.75, 3.05) is 14.2 Å². The predicted octanol–water partition coefficient (Wildman–Crippen LogP) is 3.55. The van der Waals surface area contributed by atoms with Crippen LogP contribution in [0.4, 0.5) is 0 Å². The second-order valence-electron chi connectivity index (χ2n) is 7.10. The van der Waals surface area contributed by atoms with Crippen molar-refractivity contribution in [3.8, 4) is 28.7 Å². The minimum atomic E-state index is -2.24. The predicted molar refractivity (Wildman–Crippen MR) is 112 cm³/mol. The molecule has 2 aromatic carbocycles. The summed E-state index contributed by atoms with van der Waals surface area (Å²) in [4.78, 5) is 4.39. The lowest BCUT2D eigenvalue weighted by Crippen LogP contribution is -2.27. The largest absolute Gasteiger partial charge is 0.760 e. The van der Waals surface area contributed by atoms with Gasteiger partial charge < -0.3 is 14.0 Å². The molecule has 1 fully saturated rings. The molecular formula is C22H20N3O4S-. The van der Waals surface area contributed by atoms with Gasteiger partial charge in [-0.25, -0.2) is 4.31 Å². The monoisotopic (exact) mass is 422 g/mol. The number of aromatic nitrogens is 1. The summed E-state index contributed by atoms with van der Waals surface area (Å²) in [6.07, 6.45) is 3.37. The van der Waals surface area contributed by atoms with Crippen LogP contribution < -0.4 is 9.47 Å². The number of fused-ring (bicyclic) bond motifs is 1. The molecule has 154 valence electrons. The van der Waals surface area contributed by atoms with E-state index in [1.54, 1.807) is 26.5 Å². The number of benzene rings is 2. The Hall–Kier alpha value is -2.99. The number of rotatable bonds is 7. The Morgan fingerprint density at radius 2 is 1.87 bits per heavy atom. The Bertz CT molecular complexity index is 1150. The van der Waals surface area contributed by atoms with Gasteiger partial charge in [0.15, 0.2) is 11.5 Å². The summed E-state index contributed by atoms with van der Waals surface area (Å²) >= 11 is -2.24. The first-order valence-electron chi connectivity index (χ1n) is 9.46. The van der Waals surface area contributed by atoms with Gasteiger partial charge in [0.2, 0.25) is 0 Å². The van der Waals surface area contributed by atoms with E-state index in [1.807, 2.05) is 30.3 Å². The van der Waals surface area contributed by atoms with Crippen LogP contribution in [0.1, 0.15) is 24.0 Å². The Morgan fingerprint density at radius 3 is 2.43 bits per heavy atom. The van der Waals surface area contributed by atoms with E-state index in [1.165, 1.54) is 4.31 Å². The molecule has 0 amide bonds. The zero-order chi connectivity index (χ0) is 21.3. The third-order valence-corrected chi connectivity index (χ3v) is 6.03. The van der Waals surface area contributed by atoms with Crippen LogP contribution >= 0.6 is 0 Å². The number of nitriles is 1. The van der Waals surface area contributed by atoms with Gasteiger partial charge in [0.25, 0.3) is 0 Å². The molecule has 8 heteroatoms. The molecule has 1 heterocycles. The molecule has 1 aromatic heterocycles. The molecule has 4 rings (SSSR count). The maximum absolute atomic E-state index is 11.5. The fourth-order valence-electron chi connectivity index (χ4n) is 3.54. The first kappa shape index (κ1) is 20.3. The molecule has 1 aliphatic carbocycles. The fourth-order valence-corrected chi connectivity index (χ4v) is 4.25. The molecule has 0 spiro atoms. The van der Waals surface area contributed by atoms with Crippen molar-refractivity contribution in [3.05, 3.63) is 53.7 Å². The van der Waals surface area contributed by atoms with Crippen molar-refractivity contribution in [1.82, 2.24) is 9.29 Å². The first-order valence-corrected chi connectivity index (χ1v) is 10.5. The van der Waals surface area contributed by atoms with Gasteiger partial charge in [0.05, 0.1) is 25.3 Å². The standard InChI is InChI=1S/C22H21N3O4S/c1-28-20-9-18-19(10-21(20)29-2)24-12-16(11-23)22(18)15-5-3-14(4-6-15)13-25(30(26)27)17-7-8-17/h3-6,9-10,12,17H,7-8,13H2,1-2H3,(H,26,27)/p-1. The number of methoxy groups -OCH3 is 2. The molecular weight excluding hydrogens is 402 g/mol. The molecule has 1 atom stereocenters. The van der Waals surface area contributed by atoms with Gasteiger partial charge in [0.1, 0.15) is 6.07 Å². The average Bonchev–Trinajstić information content (AvgIpc) is 3.61. The Balaban J connectivity index is 1.76. The molecule has 0 radical (unpaired) electrons. The molecule has 1 unspecified atom stereocenters. The van der Waals surface area contributed by atoms with Gasteiger partial charge in [-0.1, -0.05) is 24.3 Å². The van der Waals surface area contributed by atoms with Gasteiger partial charge in [-0.3, -0.25) is 9.19 Å². The van der Waals surface area contributed by atoms with Crippen LogP contribution in [0.2, 0.25) is 0 Å². The van der Waals surface area contributed by atoms with E-state index >= 15 is 0 Å². The van der Waals surface area contributed by atoms with Crippen LogP contribution in [-0.2, 0) is 17.8 Å². The van der Waals surface area contributed by atoms with Crippen LogP contribution in [0.3, 0.4) is 0 Å². The maximum atomic E-state index is 11.5. The normalized spacial score (nSPS) is 14.5. The van der Waals surface area contributed by atoms with E-state index in [0.29, 0.717) is 29.1 Å². The Morgan fingerprint density at radius 1 is 1.20 bits per heavy atom. The highest BCUT2D eigenvalue weighted by molar-refractivity contribution is 7.76. The van der Waals surface area contributed by atoms with Gasteiger partial charge in [0, 0.05) is 47.1 Å². The molecule has 0 N–H and O–H groups in total. The molecule has 3 aromatic rings. The van der Waals surface area contributed by atoms with Crippen LogP contribution in [0, 0.1) is 11.3 Å². The van der Waals surface area contributed by atoms with E-state index in [-0.39, 0.29) is 6.04 Å². The summed E-state index contributed by atoms with van der Waals surface area (Å²) in [5.74, 6) is 1.12. The quantitative estimate of drug-likeness (QED) is 0.540. The van der Waals surface area contributed by atoms with Crippen LogP contribution in [0.5, 0.6) is 11.5 Å². The van der Waals surface area contributed by atoms with Crippen molar-refractivity contribution < 1.29 is 18.2 Å². The number of hydrogen-bond acceptors (Lipinski definition) is 6. The van der Waals surface area contributed by atoms with Crippen LogP contribution in [-0.4, -0.2) is 38.3 Å². The van der Waals surface area contributed by atoms with Crippen molar-refractivity contribution in [2.24, 2.45) is 0 Å². The van der Waals surface area contributed by atoms with E-state index < -0.39 is 11.3 Å². The minimum absolute atomic E-state index is 0.111. The SMILES string of the molecule is COc1cc2ncc(C#N)c(-c3ccc(CN(C4CC4)S(=O)[O-])cc3)c2cc1OC. The van der Waals surface area contributed by atoms with E-state index in [4.69, 9.17) is 9.47 Å².